The van der Waals surface area contributed by atoms with Crippen LogP contribution in [0.2, 0.25) is 0 Å². The third-order valence-electron chi connectivity index (χ3n) is 9.70. The number of aryl methyl sites for hydroxylation is 1. The van der Waals surface area contributed by atoms with Crippen molar-refractivity contribution >= 4 is 28.2 Å². The van der Waals surface area contributed by atoms with Gasteiger partial charge in [-0.1, -0.05) is 0 Å². The van der Waals surface area contributed by atoms with Crippen molar-refractivity contribution < 1.29 is 49.7 Å². The van der Waals surface area contributed by atoms with Gasteiger partial charge in [-0.2, -0.15) is 0 Å². The van der Waals surface area contributed by atoms with Crippen molar-refractivity contribution in [1.29, 1.82) is 0 Å². The molecule has 3 aromatic rings. The number of hydrogen-bond acceptors (Lipinski definition) is 14. The smallest absolute Gasteiger partial charge is 0.229 e. The molecule has 14 nitrogen and oxygen atoms in total. The summed E-state index contributed by atoms with van der Waals surface area (Å²) in [7, 11) is 0. The number of aromatic hydroxyl groups is 1. The number of ketones is 2. The summed E-state index contributed by atoms with van der Waals surface area (Å²) in [5, 5.41) is 71.1. The highest BCUT2D eigenvalue weighted by atomic mass is 16.7. The molecule has 0 saturated carbocycles. The van der Waals surface area contributed by atoms with E-state index in [4.69, 9.17) is 9.47 Å². The highest BCUT2D eigenvalue weighted by Crippen LogP contribution is 2.49. The van der Waals surface area contributed by atoms with Gasteiger partial charge in [0.05, 0.1) is 16.7 Å². The van der Waals surface area contributed by atoms with E-state index in [1.807, 2.05) is 0 Å². The van der Waals surface area contributed by atoms with Crippen LogP contribution in [0.15, 0.2) is 41.7 Å². The van der Waals surface area contributed by atoms with Crippen LogP contribution in [0.5, 0.6) is 11.5 Å². The van der Waals surface area contributed by atoms with Gasteiger partial charge in [-0.3, -0.25) is 9.59 Å². The number of fused-ring (bicyclic) bond motifs is 5. The summed E-state index contributed by atoms with van der Waals surface area (Å²) in [6.45, 7) is 1.69. The molecule has 2 aromatic carbocycles. The van der Waals surface area contributed by atoms with E-state index < -0.39 is 59.3 Å². The normalized spacial score (nSPS) is 33.6. The van der Waals surface area contributed by atoms with Crippen molar-refractivity contribution in [2.45, 2.75) is 68.2 Å². The van der Waals surface area contributed by atoms with Gasteiger partial charge in [-0.25, -0.2) is 10.4 Å². The highest BCUT2D eigenvalue weighted by Gasteiger charge is 2.63. The maximum atomic E-state index is 14.1. The first kappa shape index (κ1) is 28.3. The Balaban J connectivity index is 1.40. The molecule has 1 fully saturated rings. The van der Waals surface area contributed by atoms with Crippen molar-refractivity contribution in [3.8, 4) is 11.5 Å². The molecule has 4 aliphatic heterocycles. The van der Waals surface area contributed by atoms with E-state index in [-0.39, 0.29) is 59.6 Å². The standard InChI is InChI=1S/C31H30N4O10/c1-11-6-14-19(17(36)7-11)23(38)21-18-8-13-12(20(21)22(14)37)3-5-32-27(13)33-10-30(43)4-2-15-16(9-30)34-35-29(42)31(15)26(41)24(39)25(40)28(44-18)45-31/h3,5-8,24-26,28-29,34-36,39-43H,2,4,9-10H2,1H3,(H,32,33)/t24-,25-,26+,28-,29+,30-,31+/m1/s1. The summed E-state index contributed by atoms with van der Waals surface area (Å²) in [6.07, 6.45) is -7.21. The Bertz CT molecular complexity index is 1880. The molecule has 2 aliphatic carbocycles. The Morgan fingerprint density at radius 3 is 2.60 bits per heavy atom. The Labute approximate surface area is 254 Å². The third-order valence-corrected chi connectivity index (χ3v) is 9.70. The Morgan fingerprint density at radius 1 is 1.00 bits per heavy atom. The lowest BCUT2D eigenvalue weighted by molar-refractivity contribution is -0.327. The van der Waals surface area contributed by atoms with E-state index in [1.54, 1.807) is 13.0 Å². The number of aromatic nitrogens is 1. The summed E-state index contributed by atoms with van der Waals surface area (Å²) in [4.78, 5) is 32.7. The second-order valence-corrected chi connectivity index (χ2v) is 12.5. The van der Waals surface area contributed by atoms with Crippen LogP contribution in [0.3, 0.4) is 0 Å². The number of phenolic OH excluding ortho intramolecular Hbond substituents is 1. The minimum absolute atomic E-state index is 0.00520. The van der Waals surface area contributed by atoms with Crippen molar-refractivity contribution in [2.75, 3.05) is 11.9 Å². The molecule has 5 heterocycles. The molecule has 9 N–H and O–H groups in total. The first-order valence-electron chi connectivity index (χ1n) is 14.6. The number of rotatable bonds is 0. The largest absolute Gasteiger partial charge is 0.507 e. The van der Waals surface area contributed by atoms with Crippen LogP contribution in [0, 0.1) is 6.92 Å². The van der Waals surface area contributed by atoms with Crippen molar-refractivity contribution in [2.24, 2.45) is 0 Å². The Hall–Kier alpha value is -4.15. The number of aliphatic hydroxyl groups is 5. The maximum Gasteiger partial charge on any atom is 0.229 e. The van der Waals surface area contributed by atoms with E-state index >= 15 is 0 Å². The zero-order valence-corrected chi connectivity index (χ0v) is 23.9. The fourth-order valence-electron chi connectivity index (χ4n) is 7.48. The van der Waals surface area contributed by atoms with Crippen molar-refractivity contribution in [3.05, 3.63) is 69.5 Å². The minimum atomic E-state index is -2.03. The van der Waals surface area contributed by atoms with Gasteiger partial charge in [-0.05, 0) is 60.6 Å². The molecule has 45 heavy (non-hydrogen) atoms. The van der Waals surface area contributed by atoms with Gasteiger partial charge in [0, 0.05) is 41.4 Å². The quantitative estimate of drug-likeness (QED) is 0.122. The number of carbonyl (C=O) groups is 2. The summed E-state index contributed by atoms with van der Waals surface area (Å²) in [5.41, 5.74) is 3.02. The molecule has 1 aromatic heterocycles. The van der Waals surface area contributed by atoms with Crippen LogP contribution < -0.4 is 20.9 Å². The number of hydrogen-bond donors (Lipinski definition) is 9. The highest BCUT2D eigenvalue weighted by molar-refractivity contribution is 6.34. The van der Waals surface area contributed by atoms with Crippen molar-refractivity contribution in [1.82, 2.24) is 15.8 Å². The summed E-state index contributed by atoms with van der Waals surface area (Å²) >= 11 is 0. The van der Waals surface area contributed by atoms with E-state index in [9.17, 15) is 40.2 Å². The molecule has 0 unspecified atom stereocenters. The van der Waals surface area contributed by atoms with Crippen LogP contribution in [0.4, 0.5) is 5.82 Å². The number of phenols is 1. The molecule has 1 saturated heterocycles. The zero-order chi connectivity index (χ0) is 31.6. The minimum Gasteiger partial charge on any atom is -0.507 e. The molecule has 6 aliphatic rings. The first-order valence-corrected chi connectivity index (χ1v) is 14.6. The van der Waals surface area contributed by atoms with E-state index in [0.717, 1.165) is 0 Å². The molecular formula is C31H30N4O10. The maximum absolute atomic E-state index is 14.1. The molecule has 14 heteroatoms. The van der Waals surface area contributed by atoms with Gasteiger partial charge in [0.1, 0.15) is 35.6 Å². The summed E-state index contributed by atoms with van der Waals surface area (Å²) in [6, 6.07) is 5.89. The number of hydrazine groups is 1. The van der Waals surface area contributed by atoms with E-state index in [2.05, 4.69) is 21.2 Å². The fourth-order valence-corrected chi connectivity index (χ4v) is 7.48. The zero-order valence-electron chi connectivity index (χ0n) is 23.9. The fraction of sp³-hybridized carbons (Fsp3) is 0.387. The lowest BCUT2D eigenvalue weighted by Gasteiger charge is -2.55. The predicted molar refractivity (Wildman–Crippen MR) is 154 cm³/mol. The lowest BCUT2D eigenvalue weighted by Crippen LogP contribution is -2.76. The second-order valence-electron chi connectivity index (χ2n) is 12.5. The van der Waals surface area contributed by atoms with Crippen LogP contribution in [0.1, 0.15) is 56.7 Å². The van der Waals surface area contributed by atoms with E-state index in [1.165, 1.54) is 24.4 Å². The third kappa shape index (κ3) is 3.78. The number of pyridine rings is 1. The molecule has 9 rings (SSSR count). The molecule has 0 amide bonds. The van der Waals surface area contributed by atoms with Crippen molar-refractivity contribution in [3.63, 3.8) is 0 Å². The molecule has 234 valence electrons. The number of anilines is 1. The molecule has 7 atom stereocenters. The van der Waals surface area contributed by atoms with Gasteiger partial charge in [0.2, 0.25) is 12.1 Å². The number of aliphatic hydroxyl groups excluding tert-OH is 4. The molecule has 7 bridgehead atoms. The SMILES string of the molecule is Cc1cc(O)c2c(c1)C(=O)c1c(c3cc4c(nccc14)NC[C@@]1(O)CCC4=C(C1)NN[C@@H](O)[C@]41O[C@@H](O3)[C@H](O)[C@@H](O)[C@@H]1O)C2=O. The van der Waals surface area contributed by atoms with E-state index in [0.29, 0.717) is 27.6 Å². The van der Waals surface area contributed by atoms with Crippen LogP contribution in [0.25, 0.3) is 10.8 Å². The topological polar surface area (TPSA) is 223 Å². The van der Waals surface area contributed by atoms with Gasteiger partial charge < -0.3 is 50.9 Å². The molecule has 0 radical (unpaired) electrons. The van der Waals surface area contributed by atoms with Gasteiger partial charge in [0.15, 0.2) is 17.6 Å². The number of nitrogens with one attached hydrogen (secondary N) is 3. The number of ether oxygens (including phenoxy) is 2. The molecule has 1 spiro atoms. The van der Waals surface area contributed by atoms with Crippen LogP contribution in [-0.2, 0) is 4.74 Å². The van der Waals surface area contributed by atoms with Gasteiger partial charge in [-0.15, -0.1) is 0 Å². The lowest BCUT2D eigenvalue weighted by atomic mass is 9.70. The number of benzene rings is 2. The molecular weight excluding hydrogens is 588 g/mol. The Kier molecular flexibility index (Phi) is 5.94. The number of nitrogens with zero attached hydrogens (tertiary/aromatic N) is 1. The van der Waals surface area contributed by atoms with Gasteiger partial charge >= 0.3 is 0 Å². The average molecular weight is 619 g/mol. The van der Waals surface area contributed by atoms with Crippen LogP contribution >= 0.6 is 0 Å². The Morgan fingerprint density at radius 2 is 1.80 bits per heavy atom. The average Bonchev–Trinajstić information content (AvgIpc) is 3.00. The van der Waals surface area contributed by atoms with Crippen LogP contribution in [-0.4, -0.2) is 95.8 Å². The second kappa shape index (κ2) is 9.43. The monoisotopic (exact) mass is 618 g/mol. The van der Waals surface area contributed by atoms with Gasteiger partial charge in [0.25, 0.3) is 0 Å². The first-order chi connectivity index (χ1) is 21.4. The predicted octanol–water partition coefficient (Wildman–Crippen LogP) is -0.398. The summed E-state index contributed by atoms with van der Waals surface area (Å²) in [5.74, 6) is -1.62. The summed E-state index contributed by atoms with van der Waals surface area (Å²) < 4.78 is 12.4. The number of carbonyl (C=O) groups excluding carboxylic acids is 2.